The number of carboxylic acids is 1. The van der Waals surface area contributed by atoms with Gasteiger partial charge >= 0.3 is 12.3 Å². The van der Waals surface area contributed by atoms with Gasteiger partial charge in [0.25, 0.3) is 0 Å². The lowest BCUT2D eigenvalue weighted by Crippen LogP contribution is -2.21. The lowest BCUT2D eigenvalue weighted by Gasteiger charge is -2.08. The lowest BCUT2D eigenvalue weighted by molar-refractivity contribution is -0.153. The van der Waals surface area contributed by atoms with Crippen LogP contribution in [0, 0.1) is 3.57 Å². The first-order valence-corrected chi connectivity index (χ1v) is 4.47. The highest BCUT2D eigenvalue weighted by atomic mass is 127. The zero-order valence-electron chi connectivity index (χ0n) is 6.41. The summed E-state index contributed by atoms with van der Waals surface area (Å²) in [6.07, 6.45) is -2.31. The van der Waals surface area contributed by atoms with E-state index in [0.29, 0.717) is 3.57 Å². The molecular weight excluding hydrogens is 290 g/mol. The Bertz CT molecular complexity index is 316. The molecule has 0 aromatic heterocycles. The standard InChI is InChI=1S/C8H6FIO3/c9-7(8(11)12)13-6-4-2-1-3-5(6)10/h1-4,7H,(H,11,12). The monoisotopic (exact) mass is 296 g/mol. The average molecular weight is 296 g/mol. The summed E-state index contributed by atoms with van der Waals surface area (Å²) in [6, 6.07) is 6.61. The van der Waals surface area contributed by atoms with E-state index >= 15 is 0 Å². The number of benzene rings is 1. The minimum atomic E-state index is -2.31. The van der Waals surface area contributed by atoms with E-state index in [1.165, 1.54) is 6.07 Å². The minimum Gasteiger partial charge on any atom is -0.476 e. The van der Waals surface area contributed by atoms with Gasteiger partial charge in [-0.05, 0) is 34.7 Å². The number of hydrogen-bond donors (Lipinski definition) is 1. The molecule has 0 aliphatic carbocycles. The van der Waals surface area contributed by atoms with Crippen molar-refractivity contribution in [2.75, 3.05) is 0 Å². The van der Waals surface area contributed by atoms with E-state index in [4.69, 9.17) is 5.11 Å². The van der Waals surface area contributed by atoms with Gasteiger partial charge in [0.2, 0.25) is 0 Å². The van der Waals surface area contributed by atoms with Crippen molar-refractivity contribution in [1.29, 1.82) is 0 Å². The van der Waals surface area contributed by atoms with Crippen LogP contribution >= 0.6 is 22.6 Å². The van der Waals surface area contributed by atoms with Crippen LogP contribution in [0.2, 0.25) is 0 Å². The molecule has 1 N–H and O–H groups in total. The molecule has 1 rings (SSSR count). The summed E-state index contributed by atoms with van der Waals surface area (Å²) < 4.78 is 17.8. The second-order valence-corrected chi connectivity index (χ2v) is 3.36. The fourth-order valence-electron chi connectivity index (χ4n) is 0.702. The number of alkyl halides is 1. The van der Waals surface area contributed by atoms with Gasteiger partial charge in [0.05, 0.1) is 3.57 Å². The van der Waals surface area contributed by atoms with Crippen LogP contribution in [0.3, 0.4) is 0 Å². The van der Waals surface area contributed by atoms with Crippen LogP contribution in [-0.2, 0) is 4.79 Å². The number of ether oxygens (including phenoxy) is 1. The van der Waals surface area contributed by atoms with Crippen LogP contribution in [-0.4, -0.2) is 17.4 Å². The lowest BCUT2D eigenvalue weighted by atomic mass is 10.3. The second-order valence-electron chi connectivity index (χ2n) is 2.20. The molecule has 0 fully saturated rings. The SMILES string of the molecule is O=C(O)C(F)Oc1ccccc1I. The molecule has 1 unspecified atom stereocenters. The third-order valence-electron chi connectivity index (χ3n) is 1.26. The zero-order chi connectivity index (χ0) is 9.84. The smallest absolute Gasteiger partial charge is 0.378 e. The maximum atomic E-state index is 12.6. The number of carbonyl (C=O) groups is 1. The molecule has 0 radical (unpaired) electrons. The summed E-state index contributed by atoms with van der Waals surface area (Å²) in [4.78, 5) is 10.1. The predicted octanol–water partition coefficient (Wildman–Crippen LogP) is 2.05. The van der Waals surface area contributed by atoms with Gasteiger partial charge in [-0.15, -0.1) is 0 Å². The molecule has 0 amide bonds. The number of carboxylic acid groups (broad SMARTS) is 1. The molecule has 0 bridgehead atoms. The highest BCUT2D eigenvalue weighted by Crippen LogP contribution is 2.21. The molecule has 0 heterocycles. The number of aliphatic carboxylic acids is 1. The Hall–Kier alpha value is -0.850. The van der Waals surface area contributed by atoms with Gasteiger partial charge < -0.3 is 9.84 Å². The molecule has 0 saturated heterocycles. The third-order valence-corrected chi connectivity index (χ3v) is 2.15. The summed E-state index contributed by atoms with van der Waals surface area (Å²) in [5.74, 6) is -1.39. The van der Waals surface area contributed by atoms with Crippen molar-refractivity contribution in [2.24, 2.45) is 0 Å². The Morgan fingerprint density at radius 1 is 1.54 bits per heavy atom. The Balaban J connectivity index is 2.74. The van der Waals surface area contributed by atoms with E-state index in [2.05, 4.69) is 4.74 Å². The van der Waals surface area contributed by atoms with E-state index in [9.17, 15) is 9.18 Å². The third kappa shape index (κ3) is 2.83. The Labute approximate surface area is 87.7 Å². The molecule has 0 aliphatic heterocycles. The summed E-state index contributed by atoms with van der Waals surface area (Å²) >= 11 is 1.93. The Kier molecular flexibility index (Phi) is 3.47. The van der Waals surface area contributed by atoms with Crippen LogP contribution in [0.15, 0.2) is 24.3 Å². The van der Waals surface area contributed by atoms with E-state index in [1.54, 1.807) is 18.2 Å². The number of rotatable bonds is 3. The van der Waals surface area contributed by atoms with Gasteiger partial charge in [0, 0.05) is 0 Å². The van der Waals surface area contributed by atoms with E-state index in [0.717, 1.165) is 0 Å². The fraction of sp³-hybridized carbons (Fsp3) is 0.125. The first-order chi connectivity index (χ1) is 6.11. The van der Waals surface area contributed by atoms with Crippen LogP contribution in [0.5, 0.6) is 5.75 Å². The summed E-state index contributed by atoms with van der Waals surface area (Å²) in [7, 11) is 0. The van der Waals surface area contributed by atoms with Gasteiger partial charge in [-0.3, -0.25) is 0 Å². The van der Waals surface area contributed by atoms with E-state index in [-0.39, 0.29) is 5.75 Å². The van der Waals surface area contributed by atoms with Crippen molar-refractivity contribution < 1.29 is 19.0 Å². The molecular formula is C8H6FIO3. The molecule has 13 heavy (non-hydrogen) atoms. The van der Waals surface area contributed by atoms with Crippen molar-refractivity contribution in [3.05, 3.63) is 27.8 Å². The minimum absolute atomic E-state index is 0.234. The number of hydrogen-bond acceptors (Lipinski definition) is 2. The van der Waals surface area contributed by atoms with Crippen molar-refractivity contribution >= 4 is 28.6 Å². The topological polar surface area (TPSA) is 46.5 Å². The van der Waals surface area contributed by atoms with Gasteiger partial charge in [0.1, 0.15) is 5.75 Å². The average Bonchev–Trinajstić information content (AvgIpc) is 2.08. The van der Waals surface area contributed by atoms with Crippen LogP contribution in [0.1, 0.15) is 0 Å². The molecule has 1 aromatic carbocycles. The molecule has 0 aliphatic rings. The summed E-state index contributed by atoms with van der Waals surface area (Å²) in [5, 5.41) is 8.23. The largest absolute Gasteiger partial charge is 0.476 e. The van der Waals surface area contributed by atoms with Crippen molar-refractivity contribution in [3.8, 4) is 5.75 Å². The van der Waals surface area contributed by atoms with Crippen LogP contribution in [0.25, 0.3) is 0 Å². The number of para-hydroxylation sites is 1. The maximum absolute atomic E-state index is 12.6. The van der Waals surface area contributed by atoms with Crippen LogP contribution in [0.4, 0.5) is 4.39 Å². The van der Waals surface area contributed by atoms with Crippen molar-refractivity contribution in [1.82, 2.24) is 0 Å². The molecule has 3 nitrogen and oxygen atoms in total. The molecule has 5 heteroatoms. The highest BCUT2D eigenvalue weighted by Gasteiger charge is 2.17. The van der Waals surface area contributed by atoms with Crippen molar-refractivity contribution in [3.63, 3.8) is 0 Å². The van der Waals surface area contributed by atoms with Crippen LogP contribution < -0.4 is 4.74 Å². The van der Waals surface area contributed by atoms with Gasteiger partial charge in [-0.1, -0.05) is 12.1 Å². The molecule has 0 spiro atoms. The highest BCUT2D eigenvalue weighted by molar-refractivity contribution is 14.1. The molecule has 70 valence electrons. The van der Waals surface area contributed by atoms with Gasteiger partial charge in [-0.2, -0.15) is 4.39 Å². The van der Waals surface area contributed by atoms with E-state index < -0.39 is 12.3 Å². The fourth-order valence-corrected chi connectivity index (χ4v) is 1.22. The summed E-state index contributed by atoms with van der Waals surface area (Å²) in [6.45, 7) is 0. The molecule has 1 atom stereocenters. The normalized spacial score (nSPS) is 12.2. The second kappa shape index (κ2) is 4.40. The molecule has 0 saturated carbocycles. The Morgan fingerprint density at radius 2 is 2.15 bits per heavy atom. The Morgan fingerprint density at radius 3 is 2.69 bits per heavy atom. The van der Waals surface area contributed by atoms with Gasteiger partial charge in [0.15, 0.2) is 0 Å². The zero-order valence-corrected chi connectivity index (χ0v) is 8.56. The van der Waals surface area contributed by atoms with Crippen molar-refractivity contribution in [2.45, 2.75) is 6.36 Å². The summed E-state index contributed by atoms with van der Waals surface area (Å²) in [5.41, 5.74) is 0. The maximum Gasteiger partial charge on any atom is 0.378 e. The first kappa shape index (κ1) is 10.2. The van der Waals surface area contributed by atoms with Gasteiger partial charge in [-0.25, -0.2) is 4.79 Å². The number of halogens is 2. The quantitative estimate of drug-likeness (QED) is 0.868. The first-order valence-electron chi connectivity index (χ1n) is 3.39. The molecule has 1 aromatic rings. The predicted molar refractivity (Wildman–Crippen MR) is 52.3 cm³/mol. The van der Waals surface area contributed by atoms with E-state index in [1.807, 2.05) is 22.6 Å².